The van der Waals surface area contributed by atoms with Gasteiger partial charge in [-0.15, -0.1) is 0 Å². The van der Waals surface area contributed by atoms with Crippen LogP contribution < -0.4 is 5.73 Å². The maximum absolute atomic E-state index is 12.2. The Hall–Kier alpha value is -1.44. The van der Waals surface area contributed by atoms with Gasteiger partial charge >= 0.3 is 0 Å². The second-order valence-corrected chi connectivity index (χ2v) is 7.59. The molecule has 1 fully saturated rings. The Morgan fingerprint density at radius 3 is 2.52 bits per heavy atom. The van der Waals surface area contributed by atoms with Gasteiger partial charge in [-0.05, 0) is 5.56 Å². The summed E-state index contributed by atoms with van der Waals surface area (Å²) in [6, 6.07) is 9.71. The van der Waals surface area contributed by atoms with Crippen molar-refractivity contribution in [2.75, 3.05) is 32.9 Å². The summed E-state index contributed by atoms with van der Waals surface area (Å²) in [5.41, 5.74) is 7.24. The number of rotatable bonds is 4. The van der Waals surface area contributed by atoms with Crippen LogP contribution >= 0.6 is 0 Å². The van der Waals surface area contributed by atoms with E-state index < -0.39 is 10.0 Å². The first kappa shape index (κ1) is 15.9. The Morgan fingerprint density at radius 2 is 1.95 bits per heavy atom. The SMILES string of the molecule is CN(CC(=O)N1C[C@@H](N)[C@H](c2ccccc2)C1)S(C)(=O)=O. The summed E-state index contributed by atoms with van der Waals surface area (Å²) in [7, 11) is -1.95. The van der Waals surface area contributed by atoms with Crippen molar-refractivity contribution in [3.8, 4) is 0 Å². The van der Waals surface area contributed by atoms with Crippen LogP contribution in [0.5, 0.6) is 0 Å². The highest BCUT2D eigenvalue weighted by Gasteiger charge is 2.34. The third-order valence-corrected chi connectivity index (χ3v) is 5.13. The fourth-order valence-corrected chi connectivity index (χ4v) is 2.84. The first-order chi connectivity index (χ1) is 9.79. The Balaban J connectivity index is 2.02. The number of carbonyl (C=O) groups is 1. The number of hydrogen-bond acceptors (Lipinski definition) is 4. The van der Waals surface area contributed by atoms with Gasteiger partial charge < -0.3 is 10.6 Å². The van der Waals surface area contributed by atoms with Crippen molar-refractivity contribution in [1.82, 2.24) is 9.21 Å². The average Bonchev–Trinajstić information content (AvgIpc) is 2.81. The van der Waals surface area contributed by atoms with E-state index in [2.05, 4.69) is 0 Å². The van der Waals surface area contributed by atoms with Crippen LogP contribution in [0, 0.1) is 0 Å². The lowest BCUT2D eigenvalue weighted by atomic mass is 9.95. The minimum atomic E-state index is -3.35. The summed E-state index contributed by atoms with van der Waals surface area (Å²) < 4.78 is 23.8. The van der Waals surface area contributed by atoms with Gasteiger partial charge in [-0.25, -0.2) is 8.42 Å². The van der Waals surface area contributed by atoms with Crippen LogP contribution in [0.25, 0.3) is 0 Å². The molecule has 21 heavy (non-hydrogen) atoms. The quantitative estimate of drug-likeness (QED) is 0.837. The number of nitrogens with zero attached hydrogens (tertiary/aromatic N) is 2. The van der Waals surface area contributed by atoms with E-state index >= 15 is 0 Å². The Kier molecular flexibility index (Phi) is 4.65. The highest BCUT2D eigenvalue weighted by molar-refractivity contribution is 7.88. The van der Waals surface area contributed by atoms with Gasteiger partial charge in [-0.2, -0.15) is 4.31 Å². The van der Waals surface area contributed by atoms with Crippen molar-refractivity contribution in [2.45, 2.75) is 12.0 Å². The molecule has 1 aromatic carbocycles. The molecule has 1 aromatic rings. The molecular formula is C14H21N3O3S. The molecule has 6 nitrogen and oxygen atoms in total. The predicted molar refractivity (Wildman–Crippen MR) is 81.2 cm³/mol. The van der Waals surface area contributed by atoms with Gasteiger partial charge in [-0.3, -0.25) is 4.79 Å². The van der Waals surface area contributed by atoms with Crippen molar-refractivity contribution >= 4 is 15.9 Å². The van der Waals surface area contributed by atoms with E-state index in [4.69, 9.17) is 5.73 Å². The maximum Gasteiger partial charge on any atom is 0.237 e. The van der Waals surface area contributed by atoms with E-state index in [9.17, 15) is 13.2 Å². The second kappa shape index (κ2) is 6.13. The molecule has 0 bridgehead atoms. The molecule has 1 aliphatic rings. The molecule has 1 heterocycles. The average molecular weight is 311 g/mol. The largest absolute Gasteiger partial charge is 0.339 e. The molecule has 2 atom stereocenters. The Bertz CT molecular complexity index is 603. The lowest BCUT2D eigenvalue weighted by Crippen LogP contribution is -2.40. The van der Waals surface area contributed by atoms with Crippen molar-refractivity contribution in [1.29, 1.82) is 0 Å². The van der Waals surface area contributed by atoms with E-state index in [1.165, 1.54) is 7.05 Å². The van der Waals surface area contributed by atoms with Crippen LogP contribution in [0.3, 0.4) is 0 Å². The summed E-state index contributed by atoms with van der Waals surface area (Å²) in [6.07, 6.45) is 1.09. The summed E-state index contributed by atoms with van der Waals surface area (Å²) in [4.78, 5) is 13.8. The molecule has 0 saturated carbocycles. The van der Waals surface area contributed by atoms with Gasteiger partial charge in [0.1, 0.15) is 0 Å². The van der Waals surface area contributed by atoms with E-state index in [0.29, 0.717) is 13.1 Å². The number of amides is 1. The van der Waals surface area contributed by atoms with Gasteiger partial charge in [0.05, 0.1) is 12.8 Å². The monoisotopic (exact) mass is 311 g/mol. The molecule has 2 N–H and O–H groups in total. The van der Waals surface area contributed by atoms with Gasteiger partial charge in [-0.1, -0.05) is 30.3 Å². The molecule has 0 spiro atoms. The first-order valence-electron chi connectivity index (χ1n) is 6.78. The fourth-order valence-electron chi connectivity index (χ4n) is 2.49. The Labute approximate surface area is 125 Å². The van der Waals surface area contributed by atoms with Gasteiger partial charge in [0.15, 0.2) is 0 Å². The van der Waals surface area contributed by atoms with Crippen LogP contribution in [-0.2, 0) is 14.8 Å². The van der Waals surface area contributed by atoms with Crippen molar-refractivity contribution in [3.63, 3.8) is 0 Å². The van der Waals surface area contributed by atoms with Crippen LogP contribution in [0.2, 0.25) is 0 Å². The van der Waals surface area contributed by atoms with Crippen LogP contribution in [0.4, 0.5) is 0 Å². The highest BCUT2D eigenvalue weighted by Crippen LogP contribution is 2.26. The minimum Gasteiger partial charge on any atom is -0.339 e. The third-order valence-electron chi connectivity index (χ3n) is 3.87. The standard InChI is InChI=1S/C14H21N3O3S/c1-16(21(2,19)20)10-14(18)17-8-12(13(15)9-17)11-6-4-3-5-7-11/h3-7,12-13H,8-10,15H2,1-2H3/t12-,13+/m0/s1. The second-order valence-electron chi connectivity index (χ2n) is 5.50. The van der Waals surface area contributed by atoms with Crippen molar-refractivity contribution in [3.05, 3.63) is 35.9 Å². The van der Waals surface area contributed by atoms with Crippen LogP contribution in [-0.4, -0.2) is 62.5 Å². The minimum absolute atomic E-state index is 0.0960. The summed E-state index contributed by atoms with van der Waals surface area (Å²) >= 11 is 0. The smallest absolute Gasteiger partial charge is 0.237 e. The van der Waals surface area contributed by atoms with E-state index in [0.717, 1.165) is 16.1 Å². The number of likely N-dealkylation sites (tertiary alicyclic amines) is 1. The molecule has 1 amide bonds. The molecule has 1 aliphatic heterocycles. The van der Waals surface area contributed by atoms with E-state index in [-0.39, 0.29) is 24.4 Å². The number of benzene rings is 1. The molecule has 2 rings (SSSR count). The molecular weight excluding hydrogens is 290 g/mol. The lowest BCUT2D eigenvalue weighted by molar-refractivity contribution is -0.130. The van der Waals surface area contributed by atoms with Gasteiger partial charge in [0.2, 0.25) is 15.9 Å². The maximum atomic E-state index is 12.2. The van der Waals surface area contributed by atoms with Gasteiger partial charge in [0.25, 0.3) is 0 Å². The molecule has 0 unspecified atom stereocenters. The zero-order valence-electron chi connectivity index (χ0n) is 12.3. The van der Waals surface area contributed by atoms with Crippen LogP contribution in [0.15, 0.2) is 30.3 Å². The normalized spacial score (nSPS) is 22.8. The third kappa shape index (κ3) is 3.81. The zero-order chi connectivity index (χ0) is 15.6. The number of hydrogen-bond donors (Lipinski definition) is 1. The molecule has 116 valence electrons. The molecule has 0 aliphatic carbocycles. The summed E-state index contributed by atoms with van der Waals surface area (Å²) in [5, 5.41) is 0. The number of carbonyl (C=O) groups excluding carboxylic acids is 1. The summed E-state index contributed by atoms with van der Waals surface area (Å²) in [5.74, 6) is -0.115. The number of sulfonamides is 1. The summed E-state index contributed by atoms with van der Waals surface area (Å²) in [6.45, 7) is 0.838. The van der Waals surface area contributed by atoms with E-state index in [1.807, 2.05) is 30.3 Å². The number of nitrogens with two attached hydrogens (primary N) is 1. The molecule has 0 aromatic heterocycles. The molecule has 0 radical (unpaired) electrons. The predicted octanol–water partition coefficient (Wildman–Crippen LogP) is -0.169. The van der Waals surface area contributed by atoms with Crippen molar-refractivity contribution in [2.24, 2.45) is 5.73 Å². The molecule has 1 saturated heterocycles. The van der Waals surface area contributed by atoms with E-state index in [1.54, 1.807) is 4.90 Å². The number of likely N-dealkylation sites (N-methyl/N-ethyl adjacent to an activating group) is 1. The van der Waals surface area contributed by atoms with Crippen LogP contribution in [0.1, 0.15) is 11.5 Å². The lowest BCUT2D eigenvalue weighted by Gasteiger charge is -2.20. The first-order valence-corrected chi connectivity index (χ1v) is 8.63. The molecule has 7 heteroatoms. The van der Waals surface area contributed by atoms with Gasteiger partial charge in [0, 0.05) is 32.1 Å². The topological polar surface area (TPSA) is 83.7 Å². The Morgan fingerprint density at radius 1 is 1.33 bits per heavy atom. The fraction of sp³-hybridized carbons (Fsp3) is 0.500. The zero-order valence-corrected chi connectivity index (χ0v) is 13.1. The highest BCUT2D eigenvalue weighted by atomic mass is 32.2. The van der Waals surface area contributed by atoms with Crippen molar-refractivity contribution < 1.29 is 13.2 Å².